The normalized spacial score (nSPS) is 25.6. The second-order valence-corrected chi connectivity index (χ2v) is 3.27. The summed E-state index contributed by atoms with van der Waals surface area (Å²) in [6.45, 7) is 0. The van der Waals surface area contributed by atoms with E-state index in [1.165, 1.54) is 0 Å². The van der Waals surface area contributed by atoms with Crippen LogP contribution in [0.4, 0.5) is 0 Å². The maximum atomic E-state index is 10.8. The molecule has 3 heteroatoms. The maximum Gasteiger partial charge on any atom is 0.311 e. The quantitative estimate of drug-likeness (QED) is 0.681. The van der Waals surface area contributed by atoms with Crippen LogP contribution in [0.15, 0.2) is 24.3 Å². The summed E-state index contributed by atoms with van der Waals surface area (Å²) in [4.78, 5) is 10.8. The Kier molecular flexibility index (Phi) is 1.81. The first-order valence-corrected chi connectivity index (χ1v) is 4.20. The zero-order valence-corrected chi connectivity index (χ0v) is 6.97. The molecular formula is C10H10O3. The molecule has 0 amide bonds. The molecule has 0 spiro atoms. The van der Waals surface area contributed by atoms with Crippen LogP contribution in [0.1, 0.15) is 29.6 Å². The first-order chi connectivity index (χ1) is 6.20. The Morgan fingerprint density at radius 1 is 1.31 bits per heavy atom. The van der Waals surface area contributed by atoms with Gasteiger partial charge in [-0.05, 0) is 17.5 Å². The molecule has 0 saturated heterocycles. The number of aliphatic carboxylic acids is 1. The Balaban J connectivity index is 2.47. The molecule has 13 heavy (non-hydrogen) atoms. The van der Waals surface area contributed by atoms with Gasteiger partial charge in [-0.3, -0.25) is 4.79 Å². The molecule has 0 heterocycles. The topological polar surface area (TPSA) is 57.5 Å². The van der Waals surface area contributed by atoms with Gasteiger partial charge < -0.3 is 10.2 Å². The number of carbonyl (C=O) groups is 1. The van der Waals surface area contributed by atoms with Gasteiger partial charge in [-0.2, -0.15) is 0 Å². The van der Waals surface area contributed by atoms with Crippen LogP contribution in [-0.4, -0.2) is 16.2 Å². The number of hydrogen-bond acceptors (Lipinski definition) is 2. The summed E-state index contributed by atoms with van der Waals surface area (Å²) in [7, 11) is 0. The molecule has 0 radical (unpaired) electrons. The van der Waals surface area contributed by atoms with Crippen molar-refractivity contribution in [1.82, 2.24) is 0 Å². The lowest BCUT2D eigenvalue weighted by Gasteiger charge is -2.03. The van der Waals surface area contributed by atoms with Crippen LogP contribution in [-0.2, 0) is 4.79 Å². The van der Waals surface area contributed by atoms with E-state index >= 15 is 0 Å². The third-order valence-corrected chi connectivity index (χ3v) is 2.49. The Morgan fingerprint density at radius 3 is 2.54 bits per heavy atom. The predicted octanol–water partition coefficient (Wildman–Crippen LogP) is 1.29. The van der Waals surface area contributed by atoms with Gasteiger partial charge in [0.1, 0.15) is 0 Å². The highest BCUT2D eigenvalue weighted by atomic mass is 16.4. The molecule has 3 nitrogen and oxygen atoms in total. The average molecular weight is 178 g/mol. The maximum absolute atomic E-state index is 10.8. The first kappa shape index (κ1) is 8.26. The molecule has 0 unspecified atom stereocenters. The van der Waals surface area contributed by atoms with Crippen LogP contribution in [0.5, 0.6) is 0 Å². The van der Waals surface area contributed by atoms with E-state index in [1.54, 1.807) is 18.2 Å². The zero-order chi connectivity index (χ0) is 9.42. The molecule has 1 aliphatic carbocycles. The van der Waals surface area contributed by atoms with Crippen LogP contribution < -0.4 is 0 Å². The highest BCUT2D eigenvalue weighted by Crippen LogP contribution is 2.39. The highest BCUT2D eigenvalue weighted by molar-refractivity contribution is 5.78. The number of carboxylic acid groups (broad SMARTS) is 1. The van der Waals surface area contributed by atoms with Crippen molar-refractivity contribution in [3.05, 3.63) is 35.4 Å². The Morgan fingerprint density at radius 2 is 1.92 bits per heavy atom. The van der Waals surface area contributed by atoms with Crippen molar-refractivity contribution in [3.63, 3.8) is 0 Å². The third kappa shape index (κ3) is 1.21. The van der Waals surface area contributed by atoms with Gasteiger partial charge in [-0.25, -0.2) is 0 Å². The lowest BCUT2D eigenvalue weighted by Crippen LogP contribution is -2.07. The van der Waals surface area contributed by atoms with Gasteiger partial charge in [0, 0.05) is 0 Å². The van der Waals surface area contributed by atoms with E-state index in [0.717, 1.165) is 11.1 Å². The van der Waals surface area contributed by atoms with Gasteiger partial charge in [0.25, 0.3) is 0 Å². The van der Waals surface area contributed by atoms with Gasteiger partial charge in [-0.15, -0.1) is 0 Å². The number of carboxylic acids is 1. The summed E-state index contributed by atoms with van der Waals surface area (Å²) in [6.07, 6.45) is -0.313. The zero-order valence-electron chi connectivity index (χ0n) is 6.97. The molecule has 0 bridgehead atoms. The molecule has 0 fully saturated rings. The van der Waals surface area contributed by atoms with Crippen molar-refractivity contribution >= 4 is 5.97 Å². The molecule has 2 atom stereocenters. The van der Waals surface area contributed by atoms with Crippen LogP contribution >= 0.6 is 0 Å². The minimum Gasteiger partial charge on any atom is -0.481 e. The summed E-state index contributed by atoms with van der Waals surface area (Å²) in [5.74, 6) is -1.39. The minimum atomic E-state index is -0.857. The van der Waals surface area contributed by atoms with Crippen molar-refractivity contribution < 1.29 is 15.0 Å². The molecular weight excluding hydrogens is 168 g/mol. The summed E-state index contributed by atoms with van der Waals surface area (Å²) in [5.41, 5.74) is 1.51. The first-order valence-electron chi connectivity index (χ1n) is 4.20. The minimum absolute atomic E-state index is 0.300. The SMILES string of the molecule is O=C(O)[C@H]1C[C@@H](O)c2ccccc21. The molecule has 2 N–H and O–H groups in total. The second-order valence-electron chi connectivity index (χ2n) is 3.27. The van der Waals surface area contributed by atoms with Crippen LogP contribution in [0.25, 0.3) is 0 Å². The molecule has 1 aromatic rings. The van der Waals surface area contributed by atoms with Gasteiger partial charge in [-0.1, -0.05) is 24.3 Å². The summed E-state index contributed by atoms with van der Waals surface area (Å²) < 4.78 is 0. The number of benzene rings is 1. The monoisotopic (exact) mass is 178 g/mol. The van der Waals surface area contributed by atoms with Gasteiger partial charge >= 0.3 is 5.97 Å². The molecule has 68 valence electrons. The lowest BCUT2D eigenvalue weighted by atomic mass is 10.0. The van der Waals surface area contributed by atoms with Crippen molar-refractivity contribution in [3.8, 4) is 0 Å². The second kappa shape index (κ2) is 2.85. The van der Waals surface area contributed by atoms with E-state index in [0.29, 0.717) is 6.42 Å². The molecule has 0 saturated carbocycles. The molecule has 1 aliphatic rings. The van der Waals surface area contributed by atoms with Gasteiger partial charge in [0.15, 0.2) is 0 Å². The number of rotatable bonds is 1. The average Bonchev–Trinajstić information content (AvgIpc) is 2.45. The van der Waals surface area contributed by atoms with Crippen LogP contribution in [0.2, 0.25) is 0 Å². The van der Waals surface area contributed by atoms with Gasteiger partial charge in [0.05, 0.1) is 12.0 Å². The fraction of sp³-hybridized carbons (Fsp3) is 0.300. The highest BCUT2D eigenvalue weighted by Gasteiger charge is 2.33. The molecule has 0 aliphatic heterocycles. The van der Waals surface area contributed by atoms with E-state index in [9.17, 15) is 9.90 Å². The smallest absolute Gasteiger partial charge is 0.311 e. The van der Waals surface area contributed by atoms with Crippen molar-refractivity contribution in [2.24, 2.45) is 0 Å². The summed E-state index contributed by atoms with van der Waals surface area (Å²) in [6, 6.07) is 7.16. The number of aliphatic hydroxyl groups excluding tert-OH is 1. The Bertz CT molecular complexity index is 346. The third-order valence-electron chi connectivity index (χ3n) is 2.49. The van der Waals surface area contributed by atoms with Crippen molar-refractivity contribution in [1.29, 1.82) is 0 Å². The van der Waals surface area contributed by atoms with Crippen LogP contribution in [0, 0.1) is 0 Å². The largest absolute Gasteiger partial charge is 0.481 e. The molecule has 0 aromatic heterocycles. The lowest BCUT2D eigenvalue weighted by molar-refractivity contribution is -0.139. The standard InChI is InChI=1S/C10H10O3/c11-9-5-8(10(12)13)6-3-1-2-4-7(6)9/h1-4,8-9,11H,5H2,(H,12,13)/t8-,9+/m0/s1. The van der Waals surface area contributed by atoms with Gasteiger partial charge in [0.2, 0.25) is 0 Å². The summed E-state index contributed by atoms with van der Waals surface area (Å²) >= 11 is 0. The van der Waals surface area contributed by atoms with E-state index < -0.39 is 18.0 Å². The summed E-state index contributed by atoms with van der Waals surface area (Å²) in [5, 5.41) is 18.4. The number of aliphatic hydroxyl groups is 1. The Labute approximate surface area is 75.6 Å². The molecule has 1 aromatic carbocycles. The molecule has 2 rings (SSSR count). The van der Waals surface area contributed by atoms with E-state index in [2.05, 4.69) is 0 Å². The Hall–Kier alpha value is -1.35. The van der Waals surface area contributed by atoms with E-state index in [1.807, 2.05) is 6.07 Å². The van der Waals surface area contributed by atoms with Crippen molar-refractivity contribution in [2.75, 3.05) is 0 Å². The van der Waals surface area contributed by atoms with Crippen molar-refractivity contribution in [2.45, 2.75) is 18.4 Å². The fourth-order valence-corrected chi connectivity index (χ4v) is 1.84. The number of fused-ring (bicyclic) bond motifs is 1. The van der Waals surface area contributed by atoms with E-state index in [4.69, 9.17) is 5.11 Å². The number of hydrogen-bond donors (Lipinski definition) is 2. The van der Waals surface area contributed by atoms with Crippen LogP contribution in [0.3, 0.4) is 0 Å². The van der Waals surface area contributed by atoms with E-state index in [-0.39, 0.29) is 0 Å². The predicted molar refractivity (Wildman–Crippen MR) is 46.4 cm³/mol. The fourth-order valence-electron chi connectivity index (χ4n) is 1.84.